The maximum Gasteiger partial charge on any atom is 0.276 e. The molecule has 1 aliphatic heterocycles. The van der Waals surface area contributed by atoms with Crippen LogP contribution < -0.4 is 16.2 Å². The third-order valence-electron chi connectivity index (χ3n) is 8.05. The molecule has 0 saturated carbocycles. The lowest BCUT2D eigenvalue weighted by atomic mass is 10.0. The topological polar surface area (TPSA) is 121 Å². The third kappa shape index (κ3) is 5.24. The minimum atomic E-state index is -1.44. The lowest BCUT2D eigenvalue weighted by Gasteiger charge is -2.41. The highest BCUT2D eigenvalue weighted by Gasteiger charge is 2.33. The summed E-state index contributed by atoms with van der Waals surface area (Å²) in [7, 11) is 0. The fourth-order valence-corrected chi connectivity index (χ4v) is 6.66. The van der Waals surface area contributed by atoms with Crippen molar-refractivity contribution in [2.75, 3.05) is 30.3 Å². The van der Waals surface area contributed by atoms with Gasteiger partial charge in [0.05, 0.1) is 43.5 Å². The number of nitrogens with zero attached hydrogens (tertiary/aromatic N) is 6. The van der Waals surface area contributed by atoms with Gasteiger partial charge in [0.25, 0.3) is 5.56 Å². The summed E-state index contributed by atoms with van der Waals surface area (Å²) < 4.78 is 30.6. The summed E-state index contributed by atoms with van der Waals surface area (Å²) in [6.07, 6.45) is 2.85. The highest BCUT2D eigenvalue weighted by molar-refractivity contribution is 6.42. The minimum Gasteiger partial charge on any atom is -0.395 e. The molecule has 0 spiro atoms. The number of hydrogen-bond donors (Lipinski definition) is 1. The molecule has 9 nitrogen and oxygen atoms in total. The zero-order valence-electron chi connectivity index (χ0n) is 25.3. The number of nitrogen functional groups attached to an aromatic ring is 1. The van der Waals surface area contributed by atoms with Gasteiger partial charge in [-0.1, -0.05) is 55.2 Å². The number of benzene rings is 1. The Morgan fingerprint density at radius 2 is 1.89 bits per heavy atom. The number of anilines is 2. The number of carbonyl (C=O) groups is 1. The highest BCUT2D eigenvalue weighted by Crippen LogP contribution is 2.45. The van der Waals surface area contributed by atoms with E-state index in [-0.39, 0.29) is 64.1 Å². The van der Waals surface area contributed by atoms with Gasteiger partial charge < -0.3 is 15.5 Å². The van der Waals surface area contributed by atoms with Crippen molar-refractivity contribution >= 4 is 63.1 Å². The van der Waals surface area contributed by atoms with Crippen molar-refractivity contribution in [3.8, 4) is 23.0 Å². The van der Waals surface area contributed by atoms with Crippen LogP contribution in [-0.4, -0.2) is 51.0 Å². The van der Waals surface area contributed by atoms with E-state index in [1.54, 1.807) is 24.1 Å². The van der Waals surface area contributed by atoms with Gasteiger partial charge in [-0.25, -0.2) is 13.8 Å². The number of nitriles is 1. The van der Waals surface area contributed by atoms with E-state index in [0.717, 1.165) is 0 Å². The SMILES string of the molecule is C=CC(=O)N1CCN(c2c(C#N)c(=O)n(-c3c(C)ccnc3C(C)C)c3nc(-c4c(Cl)c(N)c(F)c(F)c4Cl)c(Cl)cc23)C[C@H]1C. The van der Waals surface area contributed by atoms with Crippen molar-refractivity contribution in [3.05, 3.63) is 84.9 Å². The molecule has 5 rings (SSSR count). The van der Waals surface area contributed by atoms with Gasteiger partial charge in [0, 0.05) is 42.8 Å². The van der Waals surface area contributed by atoms with Crippen LogP contribution in [0.3, 0.4) is 0 Å². The first-order valence-corrected chi connectivity index (χ1v) is 15.3. The smallest absolute Gasteiger partial charge is 0.276 e. The number of fused-ring (bicyclic) bond motifs is 1. The Balaban J connectivity index is 1.94. The third-order valence-corrected chi connectivity index (χ3v) is 9.08. The standard InChI is InChI=1S/C32H28Cl3F2N7O2/c1-6-20(45)43-10-9-42(13-16(43)5)30-17-11-19(33)28(21-22(34)24(36)25(37)26(39)23(21)35)41-31(17)44(32(46)18(30)12-38)29-15(4)7-8-40-27(29)14(2)3/h6-8,11,14,16H,1,9-10,13,39H2,2-5H3/t16-/m1/s1. The molecule has 1 aromatic carbocycles. The molecule has 0 radical (unpaired) electrons. The van der Waals surface area contributed by atoms with Crippen molar-refractivity contribution in [1.29, 1.82) is 5.26 Å². The van der Waals surface area contributed by atoms with Gasteiger partial charge in [-0.05, 0) is 43.5 Å². The lowest BCUT2D eigenvalue weighted by Crippen LogP contribution is -2.54. The molecule has 14 heteroatoms. The number of pyridine rings is 3. The number of hydrogen-bond acceptors (Lipinski definition) is 7. The number of aromatic nitrogens is 3. The molecule has 1 fully saturated rings. The molecule has 4 heterocycles. The van der Waals surface area contributed by atoms with Crippen LogP contribution in [0.25, 0.3) is 28.0 Å². The highest BCUT2D eigenvalue weighted by atomic mass is 35.5. The Morgan fingerprint density at radius 3 is 2.50 bits per heavy atom. The molecule has 0 bridgehead atoms. The number of halogens is 5. The van der Waals surface area contributed by atoms with E-state index in [4.69, 9.17) is 45.5 Å². The molecule has 46 heavy (non-hydrogen) atoms. The second-order valence-electron chi connectivity index (χ2n) is 11.3. The molecule has 0 aliphatic carbocycles. The normalized spacial score (nSPS) is 15.0. The predicted molar refractivity (Wildman–Crippen MR) is 177 cm³/mol. The summed E-state index contributed by atoms with van der Waals surface area (Å²) >= 11 is 19.5. The first kappa shape index (κ1) is 33.1. The molecule has 1 aliphatic rings. The molecule has 4 aromatic rings. The van der Waals surface area contributed by atoms with Crippen LogP contribution in [0.1, 0.15) is 43.5 Å². The monoisotopic (exact) mass is 685 g/mol. The summed E-state index contributed by atoms with van der Waals surface area (Å²) in [6.45, 7) is 11.9. The Kier molecular flexibility index (Phi) is 9.01. The van der Waals surface area contributed by atoms with Crippen LogP contribution >= 0.6 is 34.8 Å². The van der Waals surface area contributed by atoms with Gasteiger partial charge in [-0.2, -0.15) is 5.26 Å². The van der Waals surface area contributed by atoms with Crippen LogP contribution in [-0.2, 0) is 4.79 Å². The van der Waals surface area contributed by atoms with Crippen molar-refractivity contribution in [1.82, 2.24) is 19.4 Å². The van der Waals surface area contributed by atoms with Crippen LogP contribution in [0.5, 0.6) is 0 Å². The average molecular weight is 687 g/mol. The number of aryl methyl sites for hydroxylation is 1. The summed E-state index contributed by atoms with van der Waals surface area (Å²) in [4.78, 5) is 39.7. The maximum absolute atomic E-state index is 14.9. The zero-order valence-corrected chi connectivity index (χ0v) is 27.5. The average Bonchev–Trinajstić information content (AvgIpc) is 3.02. The van der Waals surface area contributed by atoms with Crippen molar-refractivity contribution in [2.24, 2.45) is 0 Å². The molecule has 1 saturated heterocycles. The molecular weight excluding hydrogens is 659 g/mol. The van der Waals surface area contributed by atoms with E-state index in [1.165, 1.54) is 16.7 Å². The van der Waals surface area contributed by atoms with Gasteiger partial charge in [0.1, 0.15) is 17.3 Å². The molecule has 238 valence electrons. The number of amides is 1. The number of rotatable bonds is 5. The van der Waals surface area contributed by atoms with E-state index in [9.17, 15) is 23.6 Å². The number of carbonyl (C=O) groups excluding carboxylic acids is 1. The molecule has 0 unspecified atom stereocenters. The van der Waals surface area contributed by atoms with Crippen molar-refractivity contribution in [3.63, 3.8) is 0 Å². The fraction of sp³-hybridized carbons (Fsp3) is 0.281. The van der Waals surface area contributed by atoms with Crippen LogP contribution in [0.4, 0.5) is 20.2 Å². The summed E-state index contributed by atoms with van der Waals surface area (Å²) in [5, 5.41) is 9.55. The first-order valence-electron chi connectivity index (χ1n) is 14.2. The van der Waals surface area contributed by atoms with Crippen molar-refractivity contribution < 1.29 is 13.6 Å². The zero-order chi connectivity index (χ0) is 33.8. The maximum atomic E-state index is 14.9. The Hall–Kier alpha value is -4.24. The second kappa shape index (κ2) is 12.5. The van der Waals surface area contributed by atoms with Crippen LogP contribution in [0, 0.1) is 29.9 Å². The van der Waals surface area contributed by atoms with Gasteiger partial charge in [0.2, 0.25) is 5.91 Å². The summed E-state index contributed by atoms with van der Waals surface area (Å²) in [5.41, 5.74) is 5.67. The van der Waals surface area contributed by atoms with E-state index in [0.29, 0.717) is 28.9 Å². The molecule has 1 atom stereocenters. The Labute approximate surface area is 278 Å². The van der Waals surface area contributed by atoms with Crippen molar-refractivity contribution in [2.45, 2.75) is 39.7 Å². The Morgan fingerprint density at radius 1 is 1.20 bits per heavy atom. The quantitative estimate of drug-likeness (QED) is 0.106. The molecule has 1 amide bonds. The van der Waals surface area contributed by atoms with Gasteiger partial charge in [0.15, 0.2) is 11.6 Å². The number of nitrogens with two attached hydrogens (primary N) is 1. The van der Waals surface area contributed by atoms with E-state index in [2.05, 4.69) is 17.6 Å². The second-order valence-corrected chi connectivity index (χ2v) is 12.4. The Bertz CT molecular complexity index is 2030. The van der Waals surface area contributed by atoms with Gasteiger partial charge in [-0.3, -0.25) is 19.1 Å². The fourth-order valence-electron chi connectivity index (χ4n) is 5.83. The summed E-state index contributed by atoms with van der Waals surface area (Å²) in [6, 6.07) is 4.97. The molecule has 3 aromatic heterocycles. The predicted octanol–water partition coefficient (Wildman–Crippen LogP) is 6.79. The van der Waals surface area contributed by atoms with Gasteiger partial charge >= 0.3 is 0 Å². The summed E-state index contributed by atoms with van der Waals surface area (Å²) in [5.74, 6) is -3.26. The van der Waals surface area contributed by atoms with E-state index in [1.807, 2.05) is 25.7 Å². The number of piperazine rings is 1. The minimum absolute atomic E-state index is 0.0316. The van der Waals surface area contributed by atoms with Crippen LogP contribution in [0.15, 0.2) is 35.8 Å². The van der Waals surface area contributed by atoms with Crippen LogP contribution in [0.2, 0.25) is 15.1 Å². The lowest BCUT2D eigenvalue weighted by molar-refractivity contribution is -0.128. The van der Waals surface area contributed by atoms with E-state index >= 15 is 0 Å². The molecule has 2 N–H and O–H groups in total. The first-order chi connectivity index (χ1) is 21.7. The largest absolute Gasteiger partial charge is 0.395 e. The molecular formula is C32H28Cl3F2N7O2. The van der Waals surface area contributed by atoms with E-state index < -0.39 is 32.9 Å². The van der Waals surface area contributed by atoms with Gasteiger partial charge in [-0.15, -0.1) is 0 Å².